The van der Waals surface area contributed by atoms with Crippen LogP contribution in [0.2, 0.25) is 15.1 Å². The molecule has 0 aliphatic heterocycles. The highest BCUT2D eigenvalue weighted by atomic mass is 35.5. The van der Waals surface area contributed by atoms with Gasteiger partial charge in [0.15, 0.2) is 11.6 Å². The fourth-order valence-corrected chi connectivity index (χ4v) is 2.23. The molecule has 0 amide bonds. The van der Waals surface area contributed by atoms with Gasteiger partial charge in [0.2, 0.25) is 0 Å². The van der Waals surface area contributed by atoms with E-state index in [0.717, 1.165) is 0 Å². The Kier molecular flexibility index (Phi) is 4.46. The molecule has 0 aliphatic rings. The molecule has 0 fully saturated rings. The molecular weight excluding hydrogens is 310 g/mol. The van der Waals surface area contributed by atoms with Gasteiger partial charge in [0.25, 0.3) is 0 Å². The smallest absolute Gasteiger partial charge is 0.170 e. The lowest BCUT2D eigenvalue weighted by Gasteiger charge is -2.06. The van der Waals surface area contributed by atoms with Gasteiger partial charge < -0.3 is 0 Å². The van der Waals surface area contributed by atoms with E-state index in [9.17, 15) is 9.18 Å². The molecule has 0 atom stereocenters. The third kappa shape index (κ3) is 3.08. The number of ketones is 1. The predicted octanol–water partition coefficient (Wildman–Crippen LogP) is 5.21. The average molecular weight is 318 g/mol. The lowest BCUT2D eigenvalue weighted by Crippen LogP contribution is -2.07. The Hall–Kier alpha value is -1.09. The quantitative estimate of drug-likeness (QED) is 0.710. The van der Waals surface area contributed by atoms with Crippen LogP contribution in [0.15, 0.2) is 36.4 Å². The van der Waals surface area contributed by atoms with Crippen molar-refractivity contribution >= 4 is 40.6 Å². The Morgan fingerprint density at radius 2 is 1.63 bits per heavy atom. The molecular formula is C14H8Cl3FO. The van der Waals surface area contributed by atoms with E-state index < -0.39 is 11.6 Å². The lowest BCUT2D eigenvalue weighted by molar-refractivity contribution is 0.0989. The van der Waals surface area contributed by atoms with Crippen molar-refractivity contribution in [1.82, 2.24) is 0 Å². The summed E-state index contributed by atoms with van der Waals surface area (Å²) in [4.78, 5) is 12.1. The molecule has 0 spiro atoms. The zero-order valence-electron chi connectivity index (χ0n) is 9.59. The minimum Gasteiger partial charge on any atom is -0.294 e. The van der Waals surface area contributed by atoms with E-state index in [-0.39, 0.29) is 17.0 Å². The number of benzene rings is 2. The van der Waals surface area contributed by atoms with Crippen molar-refractivity contribution in [2.75, 3.05) is 0 Å². The highest BCUT2D eigenvalue weighted by Gasteiger charge is 2.16. The van der Waals surface area contributed by atoms with Crippen LogP contribution in [0.5, 0.6) is 0 Å². The van der Waals surface area contributed by atoms with E-state index in [2.05, 4.69) is 0 Å². The first kappa shape index (κ1) is 14.3. The van der Waals surface area contributed by atoms with Gasteiger partial charge >= 0.3 is 0 Å². The van der Waals surface area contributed by atoms with Crippen LogP contribution in [0.3, 0.4) is 0 Å². The van der Waals surface area contributed by atoms with Gasteiger partial charge in [-0.05, 0) is 23.8 Å². The van der Waals surface area contributed by atoms with Gasteiger partial charge in [0, 0.05) is 6.42 Å². The van der Waals surface area contributed by atoms with Crippen molar-refractivity contribution in [3.63, 3.8) is 0 Å². The SMILES string of the molecule is O=C(Cc1cccc(Cl)c1Cl)c1cccc(Cl)c1F. The molecule has 0 bridgehead atoms. The Labute approximate surface area is 124 Å². The monoisotopic (exact) mass is 316 g/mol. The standard InChI is InChI=1S/C14H8Cl3FO/c15-10-5-1-3-8(13(10)17)7-12(19)9-4-2-6-11(16)14(9)18/h1-6H,7H2. The summed E-state index contributed by atoms with van der Waals surface area (Å²) in [6.07, 6.45) is -0.0311. The molecule has 5 heteroatoms. The molecule has 0 saturated carbocycles. The molecule has 2 aromatic carbocycles. The second kappa shape index (κ2) is 5.91. The normalized spacial score (nSPS) is 10.5. The molecule has 0 unspecified atom stereocenters. The van der Waals surface area contributed by atoms with Crippen molar-refractivity contribution in [1.29, 1.82) is 0 Å². The molecule has 1 nitrogen and oxygen atoms in total. The summed E-state index contributed by atoms with van der Waals surface area (Å²) < 4.78 is 13.7. The van der Waals surface area contributed by atoms with Crippen molar-refractivity contribution in [2.45, 2.75) is 6.42 Å². The fourth-order valence-electron chi connectivity index (χ4n) is 1.67. The zero-order valence-corrected chi connectivity index (χ0v) is 11.9. The lowest BCUT2D eigenvalue weighted by atomic mass is 10.0. The highest BCUT2D eigenvalue weighted by molar-refractivity contribution is 6.42. The van der Waals surface area contributed by atoms with Gasteiger partial charge in [-0.15, -0.1) is 0 Å². The van der Waals surface area contributed by atoms with E-state index in [1.807, 2.05) is 0 Å². The van der Waals surface area contributed by atoms with Crippen LogP contribution in [0.1, 0.15) is 15.9 Å². The van der Waals surface area contributed by atoms with Crippen LogP contribution in [0.4, 0.5) is 4.39 Å². The van der Waals surface area contributed by atoms with Crippen LogP contribution >= 0.6 is 34.8 Å². The molecule has 19 heavy (non-hydrogen) atoms. The maximum absolute atomic E-state index is 13.7. The first-order valence-corrected chi connectivity index (χ1v) is 6.54. The topological polar surface area (TPSA) is 17.1 Å². The molecule has 2 aromatic rings. The zero-order chi connectivity index (χ0) is 14.0. The predicted molar refractivity (Wildman–Crippen MR) is 75.9 cm³/mol. The van der Waals surface area contributed by atoms with Gasteiger partial charge in [0.1, 0.15) is 0 Å². The largest absolute Gasteiger partial charge is 0.294 e. The molecule has 2 rings (SSSR count). The molecule has 0 N–H and O–H groups in total. The van der Waals surface area contributed by atoms with Gasteiger partial charge in [-0.3, -0.25) is 4.79 Å². The summed E-state index contributed by atoms with van der Waals surface area (Å²) in [5.74, 6) is -1.11. The Morgan fingerprint density at radius 3 is 2.37 bits per heavy atom. The number of halogens is 4. The van der Waals surface area contributed by atoms with Crippen LogP contribution in [-0.4, -0.2) is 5.78 Å². The van der Waals surface area contributed by atoms with Crippen LogP contribution in [-0.2, 0) is 6.42 Å². The van der Waals surface area contributed by atoms with E-state index in [0.29, 0.717) is 15.6 Å². The van der Waals surface area contributed by atoms with Gasteiger partial charge in [0.05, 0.1) is 20.6 Å². The van der Waals surface area contributed by atoms with E-state index in [1.165, 1.54) is 18.2 Å². The third-order valence-electron chi connectivity index (χ3n) is 2.63. The number of hydrogen-bond acceptors (Lipinski definition) is 1. The van der Waals surface area contributed by atoms with Gasteiger partial charge in [-0.1, -0.05) is 53.0 Å². The van der Waals surface area contributed by atoms with Crippen molar-refractivity contribution in [3.8, 4) is 0 Å². The van der Waals surface area contributed by atoms with Gasteiger partial charge in [-0.2, -0.15) is 0 Å². The Balaban J connectivity index is 2.31. The average Bonchev–Trinajstić information content (AvgIpc) is 2.38. The summed E-state index contributed by atoms with van der Waals surface area (Å²) in [5, 5.41) is 0.585. The van der Waals surface area contributed by atoms with E-state index in [1.54, 1.807) is 18.2 Å². The fraction of sp³-hybridized carbons (Fsp3) is 0.0714. The summed E-state index contributed by atoms with van der Waals surface area (Å²) in [7, 11) is 0. The molecule has 0 radical (unpaired) electrons. The minimum atomic E-state index is -0.715. The second-order valence-electron chi connectivity index (χ2n) is 3.91. The number of hydrogen-bond donors (Lipinski definition) is 0. The first-order chi connectivity index (χ1) is 9.00. The number of rotatable bonds is 3. The molecule has 0 aliphatic carbocycles. The Bertz CT molecular complexity index is 641. The summed E-state index contributed by atoms with van der Waals surface area (Å²) in [6.45, 7) is 0. The van der Waals surface area contributed by atoms with Crippen LogP contribution in [0, 0.1) is 5.82 Å². The second-order valence-corrected chi connectivity index (χ2v) is 5.11. The molecule has 0 heterocycles. The van der Waals surface area contributed by atoms with E-state index >= 15 is 0 Å². The maximum Gasteiger partial charge on any atom is 0.170 e. The first-order valence-electron chi connectivity index (χ1n) is 5.41. The van der Waals surface area contributed by atoms with Crippen molar-refractivity contribution in [3.05, 3.63) is 68.4 Å². The van der Waals surface area contributed by atoms with Crippen molar-refractivity contribution < 1.29 is 9.18 Å². The highest BCUT2D eigenvalue weighted by Crippen LogP contribution is 2.27. The van der Waals surface area contributed by atoms with Crippen LogP contribution in [0.25, 0.3) is 0 Å². The van der Waals surface area contributed by atoms with Crippen molar-refractivity contribution in [2.24, 2.45) is 0 Å². The van der Waals surface area contributed by atoms with E-state index in [4.69, 9.17) is 34.8 Å². The minimum absolute atomic E-state index is 0.0311. The Morgan fingerprint density at radius 1 is 1.00 bits per heavy atom. The number of carbonyl (C=O) groups is 1. The van der Waals surface area contributed by atoms with Gasteiger partial charge in [-0.25, -0.2) is 4.39 Å². The number of Topliss-reactive ketones (excluding diaryl/α,β-unsaturated/α-hetero) is 1. The third-order valence-corrected chi connectivity index (χ3v) is 3.78. The molecule has 0 saturated heterocycles. The summed E-state index contributed by atoms with van der Waals surface area (Å²) in [6, 6.07) is 9.29. The maximum atomic E-state index is 13.7. The van der Waals surface area contributed by atoms with Crippen LogP contribution < -0.4 is 0 Å². The number of carbonyl (C=O) groups excluding carboxylic acids is 1. The molecule has 0 aromatic heterocycles. The summed E-state index contributed by atoms with van der Waals surface area (Å²) >= 11 is 17.5. The molecule has 98 valence electrons. The summed E-state index contributed by atoms with van der Waals surface area (Å²) in [5.41, 5.74) is 0.502.